The molecule has 0 heterocycles. The average Bonchev–Trinajstić information content (AvgIpc) is 2.15. The summed E-state index contributed by atoms with van der Waals surface area (Å²) >= 11 is 3.72. The van der Waals surface area contributed by atoms with Crippen molar-refractivity contribution in [1.29, 1.82) is 0 Å². The van der Waals surface area contributed by atoms with Crippen molar-refractivity contribution < 1.29 is 14.7 Å². The summed E-state index contributed by atoms with van der Waals surface area (Å²) in [4.78, 5) is 11.4. The molecule has 1 aromatic carbocycles. The third-order valence-corrected chi connectivity index (χ3v) is 2.56. The zero-order valence-corrected chi connectivity index (χ0v) is 8.21. The van der Waals surface area contributed by atoms with Crippen LogP contribution in [0.4, 0.5) is 5.69 Å². The van der Waals surface area contributed by atoms with E-state index in [1.54, 1.807) is 0 Å². The van der Waals surface area contributed by atoms with Gasteiger partial charge in [-0.3, -0.25) is 15.3 Å². The van der Waals surface area contributed by atoms with E-state index in [4.69, 9.17) is 16.8 Å². The van der Waals surface area contributed by atoms with Gasteiger partial charge in [0, 0.05) is 18.2 Å². The lowest BCUT2D eigenvalue weighted by molar-refractivity contribution is -0.384. The van der Waals surface area contributed by atoms with E-state index in [1.165, 1.54) is 11.0 Å². The molecular formula is C6H5ClN2O4S. The lowest BCUT2D eigenvalue weighted by atomic mass is 10.3. The molecule has 0 saturated heterocycles. The van der Waals surface area contributed by atoms with Gasteiger partial charge < -0.3 is 4.55 Å². The molecule has 2 N–H and O–H groups in total. The highest BCUT2D eigenvalue weighted by Gasteiger charge is 2.17. The fourth-order valence-corrected chi connectivity index (χ4v) is 1.64. The number of nitrogens with one attached hydrogen (secondary N) is 1. The van der Waals surface area contributed by atoms with E-state index in [0.29, 0.717) is 0 Å². The van der Waals surface area contributed by atoms with E-state index in [-0.39, 0.29) is 15.6 Å². The van der Waals surface area contributed by atoms with Crippen molar-refractivity contribution in [1.82, 2.24) is 4.89 Å². The lowest BCUT2D eigenvalue weighted by Gasteiger charge is -2.05. The average molecular weight is 237 g/mol. The monoisotopic (exact) mass is 236 g/mol. The third-order valence-electron chi connectivity index (χ3n) is 1.41. The largest absolute Gasteiger partial charge is 0.591 e. The fraction of sp³-hybridized carbons (Fsp3) is 0. The summed E-state index contributed by atoms with van der Waals surface area (Å²) in [5.41, 5.74) is -0.273. The van der Waals surface area contributed by atoms with Crippen molar-refractivity contribution in [2.24, 2.45) is 0 Å². The number of nitro groups is 1. The predicted octanol–water partition coefficient (Wildman–Crippen LogP) is 1.25. The maximum Gasteiger partial charge on any atom is 0.288 e. The molecule has 0 aliphatic rings. The van der Waals surface area contributed by atoms with Gasteiger partial charge in [-0.25, -0.2) is 0 Å². The van der Waals surface area contributed by atoms with E-state index in [1.807, 2.05) is 0 Å². The Morgan fingerprint density at radius 2 is 2.21 bits per heavy atom. The second-order valence-corrected chi connectivity index (χ2v) is 3.83. The molecule has 1 unspecified atom stereocenters. The first-order chi connectivity index (χ1) is 6.56. The molecule has 0 saturated carbocycles. The van der Waals surface area contributed by atoms with Crippen LogP contribution in [-0.2, 0) is 11.4 Å². The first-order valence-corrected chi connectivity index (χ1v) is 4.84. The van der Waals surface area contributed by atoms with Crippen molar-refractivity contribution in [2.45, 2.75) is 4.90 Å². The van der Waals surface area contributed by atoms with Crippen LogP contribution in [0.15, 0.2) is 23.1 Å². The summed E-state index contributed by atoms with van der Waals surface area (Å²) in [5.74, 6) is 0. The van der Waals surface area contributed by atoms with Gasteiger partial charge in [0.25, 0.3) is 5.69 Å². The maximum absolute atomic E-state index is 11.0. The molecule has 0 amide bonds. The highest BCUT2D eigenvalue weighted by molar-refractivity contribution is 7.89. The minimum atomic E-state index is -1.82. The first-order valence-electron chi connectivity index (χ1n) is 3.31. The molecule has 1 atom stereocenters. The Hall–Kier alpha value is -0.860. The van der Waals surface area contributed by atoms with Crippen LogP contribution < -0.4 is 4.89 Å². The number of hydrogen-bond acceptors (Lipinski definition) is 5. The normalized spacial score (nSPS) is 12.5. The molecule has 0 bridgehead atoms. The predicted molar refractivity (Wildman–Crippen MR) is 49.4 cm³/mol. The molecule has 6 nitrogen and oxygen atoms in total. The molecule has 1 aromatic rings. The van der Waals surface area contributed by atoms with E-state index < -0.39 is 16.3 Å². The van der Waals surface area contributed by atoms with Crippen LogP contribution in [0.3, 0.4) is 0 Å². The van der Waals surface area contributed by atoms with Gasteiger partial charge >= 0.3 is 0 Å². The Labute approximate surface area is 86.9 Å². The summed E-state index contributed by atoms with van der Waals surface area (Å²) in [7, 11) is 0. The number of nitrogens with zero attached hydrogens (tertiary/aromatic N) is 1. The minimum Gasteiger partial charge on any atom is -0.591 e. The first kappa shape index (κ1) is 11.2. The topological polar surface area (TPSA) is 98.5 Å². The molecule has 8 heteroatoms. The van der Waals surface area contributed by atoms with Gasteiger partial charge in [-0.15, -0.1) is 0 Å². The highest BCUT2D eigenvalue weighted by Crippen LogP contribution is 2.26. The standard InChI is InChI=1S/C6H5ClN2O4S/c7-5-3-4(14(13)8-10)1-2-6(5)9(11)12/h1-3,8,10H. The molecule has 76 valence electrons. The molecule has 0 spiro atoms. The quantitative estimate of drug-likeness (QED) is 0.468. The van der Waals surface area contributed by atoms with Gasteiger partial charge in [0.2, 0.25) is 0 Å². The summed E-state index contributed by atoms with van der Waals surface area (Å²) in [6.45, 7) is 0. The van der Waals surface area contributed by atoms with Gasteiger partial charge in [0.05, 0.1) is 4.92 Å². The molecule has 0 aliphatic carbocycles. The highest BCUT2D eigenvalue weighted by atomic mass is 35.5. The molecule has 0 aliphatic heterocycles. The Kier molecular flexibility index (Phi) is 3.67. The van der Waals surface area contributed by atoms with Crippen LogP contribution in [0.25, 0.3) is 0 Å². The second-order valence-electron chi connectivity index (χ2n) is 2.23. The van der Waals surface area contributed by atoms with Crippen molar-refractivity contribution in [2.75, 3.05) is 0 Å². The number of halogens is 1. The summed E-state index contributed by atoms with van der Waals surface area (Å²) in [6, 6.07) is 3.51. The lowest BCUT2D eigenvalue weighted by Crippen LogP contribution is -2.19. The zero-order valence-electron chi connectivity index (χ0n) is 6.64. The van der Waals surface area contributed by atoms with Crippen molar-refractivity contribution >= 4 is 28.7 Å². The van der Waals surface area contributed by atoms with E-state index in [9.17, 15) is 14.7 Å². The van der Waals surface area contributed by atoms with E-state index in [0.717, 1.165) is 12.1 Å². The SMILES string of the molecule is O=[N+]([O-])c1ccc([S+]([O-])NO)cc1Cl. The molecule has 1 rings (SSSR count). The summed E-state index contributed by atoms with van der Waals surface area (Å²) in [5, 5.41) is 18.6. The molecule has 0 radical (unpaired) electrons. The Morgan fingerprint density at radius 1 is 1.57 bits per heavy atom. The van der Waals surface area contributed by atoms with Crippen molar-refractivity contribution in [3.05, 3.63) is 33.3 Å². The smallest absolute Gasteiger partial charge is 0.288 e. The van der Waals surface area contributed by atoms with Crippen molar-refractivity contribution in [3.63, 3.8) is 0 Å². The van der Waals surface area contributed by atoms with Crippen LogP contribution in [0.5, 0.6) is 0 Å². The zero-order chi connectivity index (χ0) is 10.7. The molecular weight excluding hydrogens is 232 g/mol. The van der Waals surface area contributed by atoms with Gasteiger partial charge in [-0.2, -0.15) is 0 Å². The van der Waals surface area contributed by atoms with Gasteiger partial charge in [-0.05, 0) is 4.89 Å². The molecule has 0 aromatic heterocycles. The maximum atomic E-state index is 11.0. The molecule has 0 fully saturated rings. The van der Waals surface area contributed by atoms with Gasteiger partial charge in [0.1, 0.15) is 16.4 Å². The Morgan fingerprint density at radius 3 is 2.64 bits per heavy atom. The minimum absolute atomic E-state index is 0.129. The Balaban J connectivity index is 3.06. The van der Waals surface area contributed by atoms with E-state index >= 15 is 0 Å². The van der Waals surface area contributed by atoms with Crippen molar-refractivity contribution in [3.8, 4) is 0 Å². The van der Waals surface area contributed by atoms with Gasteiger partial charge in [-0.1, -0.05) is 11.6 Å². The van der Waals surface area contributed by atoms with Crippen LogP contribution in [0, 0.1) is 10.1 Å². The van der Waals surface area contributed by atoms with E-state index in [2.05, 4.69) is 0 Å². The fourth-order valence-electron chi connectivity index (χ4n) is 0.804. The van der Waals surface area contributed by atoms with Gasteiger partial charge in [0.15, 0.2) is 4.90 Å². The Bertz CT molecular complexity index is 362. The van der Waals surface area contributed by atoms with Crippen LogP contribution in [0.2, 0.25) is 5.02 Å². The summed E-state index contributed by atoms with van der Waals surface area (Å²) in [6.07, 6.45) is 0. The van der Waals surface area contributed by atoms with Crippen LogP contribution >= 0.6 is 11.6 Å². The van der Waals surface area contributed by atoms with Crippen LogP contribution in [-0.4, -0.2) is 14.7 Å². The number of hydrogen-bond donors (Lipinski definition) is 2. The number of benzene rings is 1. The number of nitro benzene ring substituents is 1. The third kappa shape index (κ3) is 2.34. The summed E-state index contributed by atoms with van der Waals surface area (Å²) < 4.78 is 11.0. The van der Waals surface area contributed by atoms with Crippen LogP contribution in [0.1, 0.15) is 0 Å². The number of rotatable bonds is 3. The second kappa shape index (κ2) is 4.58. The molecule has 14 heavy (non-hydrogen) atoms.